The van der Waals surface area contributed by atoms with Crippen molar-refractivity contribution in [1.29, 1.82) is 0 Å². The van der Waals surface area contributed by atoms with Gasteiger partial charge >= 0.3 is 5.63 Å². The maximum absolute atomic E-state index is 12.7. The van der Waals surface area contributed by atoms with E-state index >= 15 is 0 Å². The van der Waals surface area contributed by atoms with Gasteiger partial charge in [-0.05, 0) is 57.9 Å². The Morgan fingerprint density at radius 1 is 1.19 bits per heavy atom. The quantitative estimate of drug-likeness (QED) is 0.475. The predicted octanol–water partition coefficient (Wildman–Crippen LogP) is 3.14. The van der Waals surface area contributed by atoms with Crippen molar-refractivity contribution >= 4 is 16.9 Å². The molecule has 1 aliphatic rings. The van der Waals surface area contributed by atoms with Gasteiger partial charge in [0.05, 0.1) is 13.2 Å². The summed E-state index contributed by atoms with van der Waals surface area (Å²) in [4.78, 5) is 27.2. The molecule has 0 unspecified atom stereocenters. The Labute approximate surface area is 189 Å². The Morgan fingerprint density at radius 3 is 2.66 bits per heavy atom. The van der Waals surface area contributed by atoms with Crippen LogP contribution < -0.4 is 15.7 Å². The van der Waals surface area contributed by atoms with Gasteiger partial charge in [0.2, 0.25) is 5.91 Å². The maximum Gasteiger partial charge on any atom is 0.339 e. The number of allylic oxidation sites excluding steroid dienone is 1. The van der Waals surface area contributed by atoms with E-state index in [9.17, 15) is 9.59 Å². The zero-order chi connectivity index (χ0) is 23.1. The lowest BCUT2D eigenvalue weighted by atomic mass is 10.0. The first-order valence-electron chi connectivity index (χ1n) is 11.3. The second-order valence-corrected chi connectivity index (χ2v) is 8.45. The van der Waals surface area contributed by atoms with Crippen molar-refractivity contribution in [1.82, 2.24) is 10.2 Å². The average molecular weight is 443 g/mol. The minimum absolute atomic E-state index is 0.0589. The third-order valence-corrected chi connectivity index (χ3v) is 5.84. The minimum atomic E-state index is -0.388. The van der Waals surface area contributed by atoms with Crippen LogP contribution in [0.4, 0.5) is 0 Å². The number of hydrogen-bond acceptors (Lipinski definition) is 6. The molecule has 1 fully saturated rings. The molecule has 0 atom stereocenters. The number of fused-ring (bicyclic) bond motifs is 1. The van der Waals surface area contributed by atoms with Crippen LogP contribution in [0.15, 0.2) is 33.0 Å². The van der Waals surface area contributed by atoms with E-state index in [0.29, 0.717) is 36.5 Å². The summed E-state index contributed by atoms with van der Waals surface area (Å²) in [6.07, 6.45) is 2.61. The zero-order valence-corrected chi connectivity index (χ0v) is 19.6. The molecule has 2 heterocycles. The number of ether oxygens (including phenoxy) is 2. The summed E-state index contributed by atoms with van der Waals surface area (Å²) >= 11 is 0. The molecule has 0 spiro atoms. The van der Waals surface area contributed by atoms with Crippen molar-refractivity contribution in [3.8, 4) is 5.75 Å². The first-order chi connectivity index (χ1) is 15.4. The molecule has 1 aromatic carbocycles. The summed E-state index contributed by atoms with van der Waals surface area (Å²) in [5.41, 5.74) is 3.55. The molecule has 0 aliphatic carbocycles. The molecule has 1 saturated heterocycles. The molecule has 7 nitrogen and oxygen atoms in total. The minimum Gasteiger partial charge on any atom is -0.489 e. The van der Waals surface area contributed by atoms with Gasteiger partial charge in [-0.3, -0.25) is 9.69 Å². The number of aryl methyl sites for hydroxylation is 2. The molecule has 1 aromatic heterocycles. The van der Waals surface area contributed by atoms with Gasteiger partial charge in [0, 0.05) is 49.1 Å². The molecule has 1 amide bonds. The molecule has 7 heteroatoms. The van der Waals surface area contributed by atoms with Crippen LogP contribution in [-0.4, -0.2) is 56.8 Å². The van der Waals surface area contributed by atoms with Crippen LogP contribution in [0.5, 0.6) is 5.75 Å². The summed E-state index contributed by atoms with van der Waals surface area (Å²) in [6, 6.07) is 3.83. The summed E-state index contributed by atoms with van der Waals surface area (Å²) in [5.74, 6) is 0.640. The van der Waals surface area contributed by atoms with Crippen LogP contribution in [0.3, 0.4) is 0 Å². The molecule has 0 bridgehead atoms. The van der Waals surface area contributed by atoms with Gasteiger partial charge in [-0.2, -0.15) is 0 Å². The Kier molecular flexibility index (Phi) is 8.47. The lowest BCUT2D eigenvalue weighted by Crippen LogP contribution is -2.41. The van der Waals surface area contributed by atoms with Gasteiger partial charge < -0.3 is 19.2 Å². The smallest absolute Gasteiger partial charge is 0.339 e. The van der Waals surface area contributed by atoms with Crippen molar-refractivity contribution in [2.75, 3.05) is 46.0 Å². The Balaban J connectivity index is 1.63. The van der Waals surface area contributed by atoms with E-state index in [-0.39, 0.29) is 18.0 Å². The number of benzene rings is 1. The van der Waals surface area contributed by atoms with Crippen LogP contribution in [0, 0.1) is 13.8 Å². The maximum atomic E-state index is 12.7. The average Bonchev–Trinajstić information content (AvgIpc) is 2.76. The SMILES string of the molecule is CC(C)=CCOc1ccc2c(C)c(CCC(=O)NCCN3CCOCC3)c(=O)oc2c1C. The second kappa shape index (κ2) is 11.3. The summed E-state index contributed by atoms with van der Waals surface area (Å²) < 4.78 is 16.8. The molecule has 1 aliphatic heterocycles. The first-order valence-corrected chi connectivity index (χ1v) is 11.3. The highest BCUT2D eigenvalue weighted by atomic mass is 16.5. The van der Waals surface area contributed by atoms with Gasteiger partial charge in [0.15, 0.2) is 0 Å². The molecule has 1 N–H and O–H groups in total. The standard InChI is InChI=1S/C25H34N2O5/c1-17(2)9-14-31-22-7-5-20-18(3)21(25(29)32-24(20)19(22)4)6-8-23(28)26-10-11-27-12-15-30-16-13-27/h5,7,9H,6,8,10-16H2,1-4H3,(H,26,28). The number of morpholine rings is 1. The topological polar surface area (TPSA) is 81.0 Å². The van der Waals surface area contributed by atoms with E-state index < -0.39 is 0 Å². The zero-order valence-electron chi connectivity index (χ0n) is 19.6. The normalized spacial score (nSPS) is 14.4. The van der Waals surface area contributed by atoms with Crippen molar-refractivity contribution in [2.24, 2.45) is 0 Å². The second-order valence-electron chi connectivity index (χ2n) is 8.45. The fraction of sp³-hybridized carbons (Fsp3) is 0.520. The number of amides is 1. The lowest BCUT2D eigenvalue weighted by Gasteiger charge is -2.26. The molecule has 2 aromatic rings. The fourth-order valence-corrected chi connectivity index (χ4v) is 3.82. The van der Waals surface area contributed by atoms with Crippen LogP contribution in [0.25, 0.3) is 11.0 Å². The molecule has 0 radical (unpaired) electrons. The van der Waals surface area contributed by atoms with Gasteiger partial charge in [-0.25, -0.2) is 4.79 Å². The van der Waals surface area contributed by atoms with Gasteiger partial charge in [0.25, 0.3) is 0 Å². The molecular weight excluding hydrogens is 408 g/mol. The predicted molar refractivity (Wildman–Crippen MR) is 125 cm³/mol. The van der Waals surface area contributed by atoms with Gasteiger partial charge in [0.1, 0.15) is 17.9 Å². The van der Waals surface area contributed by atoms with Crippen LogP contribution in [0.1, 0.15) is 37.0 Å². The lowest BCUT2D eigenvalue weighted by molar-refractivity contribution is -0.121. The summed E-state index contributed by atoms with van der Waals surface area (Å²) in [5, 5.41) is 3.82. The van der Waals surface area contributed by atoms with Crippen LogP contribution >= 0.6 is 0 Å². The largest absolute Gasteiger partial charge is 0.489 e. The number of rotatable bonds is 9. The number of carbonyl (C=O) groups excluding carboxylic acids is 1. The molecule has 0 saturated carbocycles. The highest BCUT2D eigenvalue weighted by Crippen LogP contribution is 2.29. The summed E-state index contributed by atoms with van der Waals surface area (Å²) in [7, 11) is 0. The third-order valence-electron chi connectivity index (χ3n) is 5.84. The van der Waals surface area contributed by atoms with E-state index in [1.165, 1.54) is 5.57 Å². The van der Waals surface area contributed by atoms with E-state index in [4.69, 9.17) is 13.9 Å². The third kappa shape index (κ3) is 6.20. The van der Waals surface area contributed by atoms with Gasteiger partial charge in [-0.15, -0.1) is 0 Å². The van der Waals surface area contributed by atoms with Gasteiger partial charge in [-0.1, -0.05) is 5.57 Å². The Bertz CT molecular complexity index is 1030. The van der Waals surface area contributed by atoms with Crippen molar-refractivity contribution in [3.63, 3.8) is 0 Å². The van der Waals surface area contributed by atoms with E-state index in [2.05, 4.69) is 10.2 Å². The highest BCUT2D eigenvalue weighted by Gasteiger charge is 2.16. The monoisotopic (exact) mass is 442 g/mol. The molecular formula is C25H34N2O5. The van der Waals surface area contributed by atoms with Crippen molar-refractivity contribution in [2.45, 2.75) is 40.5 Å². The Morgan fingerprint density at radius 2 is 1.94 bits per heavy atom. The number of hydrogen-bond donors (Lipinski definition) is 1. The first kappa shape index (κ1) is 24.0. The molecule has 174 valence electrons. The van der Waals surface area contributed by atoms with Crippen molar-refractivity contribution < 1.29 is 18.7 Å². The van der Waals surface area contributed by atoms with E-state index in [1.54, 1.807) is 0 Å². The molecule has 32 heavy (non-hydrogen) atoms. The van der Waals surface area contributed by atoms with Crippen LogP contribution in [0.2, 0.25) is 0 Å². The van der Waals surface area contributed by atoms with E-state index in [0.717, 1.165) is 49.4 Å². The number of nitrogens with one attached hydrogen (secondary N) is 1. The number of carbonyl (C=O) groups is 1. The number of nitrogens with zero attached hydrogens (tertiary/aromatic N) is 1. The fourth-order valence-electron chi connectivity index (χ4n) is 3.82. The Hall–Kier alpha value is -2.64. The highest BCUT2D eigenvalue weighted by molar-refractivity contribution is 5.85. The van der Waals surface area contributed by atoms with E-state index in [1.807, 2.05) is 45.9 Å². The summed E-state index contributed by atoms with van der Waals surface area (Å²) in [6.45, 7) is 13.0. The van der Waals surface area contributed by atoms with Crippen molar-refractivity contribution in [3.05, 3.63) is 50.9 Å². The molecule has 3 rings (SSSR count). The van der Waals surface area contributed by atoms with Crippen LogP contribution in [-0.2, 0) is 16.0 Å².